The summed E-state index contributed by atoms with van der Waals surface area (Å²) in [6.07, 6.45) is -0.538. The Hall–Kier alpha value is -2.65. The first-order valence-electron chi connectivity index (χ1n) is 8.65. The lowest BCUT2D eigenvalue weighted by atomic mass is 10.1. The maximum atomic E-state index is 12.6. The minimum Gasteiger partial charge on any atom is -0.380 e. The highest BCUT2D eigenvalue weighted by Crippen LogP contribution is 2.40. The predicted molar refractivity (Wildman–Crippen MR) is 98.4 cm³/mol. The van der Waals surface area contributed by atoms with Gasteiger partial charge in [0.2, 0.25) is 5.95 Å². The van der Waals surface area contributed by atoms with Crippen LogP contribution in [-0.4, -0.2) is 64.5 Å². The van der Waals surface area contributed by atoms with Gasteiger partial charge in [-0.15, -0.1) is 10.2 Å². The smallest absolute Gasteiger partial charge is 0.325 e. The minimum atomic E-state index is -0.593. The van der Waals surface area contributed by atoms with Gasteiger partial charge in [-0.2, -0.15) is 0 Å². The van der Waals surface area contributed by atoms with Crippen molar-refractivity contribution in [2.75, 3.05) is 31.7 Å². The van der Waals surface area contributed by atoms with Crippen molar-refractivity contribution in [3.05, 3.63) is 29.3 Å². The van der Waals surface area contributed by atoms with Crippen LogP contribution in [0.4, 0.5) is 10.7 Å². The van der Waals surface area contributed by atoms with Gasteiger partial charge in [-0.1, -0.05) is 11.6 Å². The number of carbonyl (C=O) groups excluding carboxylic acids is 2. The maximum absolute atomic E-state index is 12.6. The Labute approximate surface area is 160 Å². The number of hydrogen-bond acceptors (Lipinski definition) is 6. The minimum absolute atomic E-state index is 0.354. The molecule has 1 fully saturated rings. The first-order valence-corrected chi connectivity index (χ1v) is 9.03. The SMILES string of the molecule is CCOCCN1c2nnc(-c3ccc(Cl)cc3)n2C2C1C(=O)NC(=O)N2C. The van der Waals surface area contributed by atoms with Crippen LogP contribution >= 0.6 is 11.6 Å². The lowest BCUT2D eigenvalue weighted by Gasteiger charge is -2.37. The molecule has 2 aliphatic heterocycles. The van der Waals surface area contributed by atoms with Crippen molar-refractivity contribution < 1.29 is 14.3 Å². The third-order valence-electron chi connectivity index (χ3n) is 4.82. The van der Waals surface area contributed by atoms with Gasteiger partial charge in [0.1, 0.15) is 6.17 Å². The number of likely N-dealkylation sites (N-methyl/N-ethyl adjacent to an activating group) is 1. The fraction of sp³-hybridized carbons (Fsp3) is 0.412. The number of hydrogen-bond donors (Lipinski definition) is 1. The summed E-state index contributed by atoms with van der Waals surface area (Å²) in [5, 5.41) is 11.6. The molecule has 0 bridgehead atoms. The second-order valence-corrected chi connectivity index (χ2v) is 6.79. The van der Waals surface area contributed by atoms with Crippen LogP contribution in [0.15, 0.2) is 24.3 Å². The molecule has 0 radical (unpaired) electrons. The van der Waals surface area contributed by atoms with Crippen molar-refractivity contribution >= 4 is 29.5 Å². The summed E-state index contributed by atoms with van der Waals surface area (Å²) in [7, 11) is 1.65. The number of halogens is 1. The molecular weight excluding hydrogens is 372 g/mol. The van der Waals surface area contributed by atoms with Gasteiger partial charge < -0.3 is 14.5 Å². The average Bonchev–Trinajstić information content (AvgIpc) is 3.20. The van der Waals surface area contributed by atoms with Gasteiger partial charge in [0.05, 0.1) is 6.61 Å². The summed E-state index contributed by atoms with van der Waals surface area (Å²) in [5.74, 6) is 0.753. The quantitative estimate of drug-likeness (QED) is 0.778. The number of benzene rings is 1. The molecule has 2 aliphatic rings. The number of nitrogens with one attached hydrogen (secondary N) is 1. The molecule has 9 nitrogen and oxygen atoms in total. The Morgan fingerprint density at radius 1 is 1.22 bits per heavy atom. The maximum Gasteiger partial charge on any atom is 0.325 e. The zero-order valence-corrected chi connectivity index (χ0v) is 15.7. The zero-order chi connectivity index (χ0) is 19.1. The Bertz CT molecular complexity index is 883. The molecule has 4 rings (SSSR count). The third kappa shape index (κ3) is 2.83. The van der Waals surface area contributed by atoms with E-state index in [0.29, 0.717) is 36.6 Å². The van der Waals surface area contributed by atoms with Crippen LogP contribution in [0.1, 0.15) is 13.1 Å². The number of urea groups is 1. The molecule has 2 atom stereocenters. The highest BCUT2D eigenvalue weighted by molar-refractivity contribution is 6.30. The Kier molecular flexibility index (Phi) is 4.48. The zero-order valence-electron chi connectivity index (χ0n) is 14.9. The van der Waals surface area contributed by atoms with E-state index in [2.05, 4.69) is 15.5 Å². The van der Waals surface area contributed by atoms with Crippen LogP contribution in [0.25, 0.3) is 11.4 Å². The topological polar surface area (TPSA) is 92.6 Å². The van der Waals surface area contributed by atoms with E-state index in [1.54, 1.807) is 19.2 Å². The lowest BCUT2D eigenvalue weighted by molar-refractivity contribution is -0.124. The number of carbonyl (C=O) groups is 2. The highest BCUT2D eigenvalue weighted by Gasteiger charge is 2.52. The molecule has 142 valence electrons. The van der Waals surface area contributed by atoms with E-state index in [9.17, 15) is 9.59 Å². The number of anilines is 1. The molecular formula is C17H19ClN6O3. The van der Waals surface area contributed by atoms with Crippen molar-refractivity contribution in [1.29, 1.82) is 0 Å². The van der Waals surface area contributed by atoms with E-state index in [0.717, 1.165) is 5.56 Å². The van der Waals surface area contributed by atoms with Crippen molar-refractivity contribution in [3.8, 4) is 11.4 Å². The van der Waals surface area contributed by atoms with Crippen LogP contribution in [0.5, 0.6) is 0 Å². The van der Waals surface area contributed by atoms with E-state index < -0.39 is 18.2 Å². The standard InChI is InChI=1S/C17H19ClN6O3/c1-3-27-9-8-23-12-14(25)19-17(26)22(2)15(12)24-13(20-21-16(23)24)10-4-6-11(18)7-5-10/h4-7,12,15H,3,8-9H2,1-2H3,(H,19,25,26). The molecule has 2 aromatic rings. The van der Waals surface area contributed by atoms with Gasteiger partial charge in [0, 0.05) is 30.8 Å². The van der Waals surface area contributed by atoms with E-state index in [1.807, 2.05) is 28.5 Å². The summed E-state index contributed by atoms with van der Waals surface area (Å²) in [6.45, 7) is 3.39. The summed E-state index contributed by atoms with van der Waals surface area (Å²) in [5.41, 5.74) is 0.801. The first-order chi connectivity index (χ1) is 13.0. The van der Waals surface area contributed by atoms with Crippen molar-refractivity contribution in [3.63, 3.8) is 0 Å². The lowest BCUT2D eigenvalue weighted by Crippen LogP contribution is -2.61. The summed E-state index contributed by atoms with van der Waals surface area (Å²) in [6, 6.07) is 6.16. The molecule has 10 heteroatoms. The summed E-state index contributed by atoms with van der Waals surface area (Å²) >= 11 is 5.99. The number of rotatable bonds is 5. The van der Waals surface area contributed by atoms with Crippen molar-refractivity contribution in [2.45, 2.75) is 19.1 Å². The number of imide groups is 1. The monoisotopic (exact) mass is 390 g/mol. The van der Waals surface area contributed by atoms with E-state index in [-0.39, 0.29) is 5.91 Å². The Morgan fingerprint density at radius 2 is 1.96 bits per heavy atom. The second-order valence-electron chi connectivity index (χ2n) is 6.35. The van der Waals surface area contributed by atoms with Crippen molar-refractivity contribution in [2.24, 2.45) is 0 Å². The van der Waals surface area contributed by atoms with E-state index >= 15 is 0 Å². The number of aromatic nitrogens is 3. The van der Waals surface area contributed by atoms with Crippen LogP contribution in [0.3, 0.4) is 0 Å². The molecule has 3 amide bonds. The molecule has 1 aromatic heterocycles. The number of fused-ring (bicyclic) bond motifs is 3. The molecule has 3 heterocycles. The third-order valence-corrected chi connectivity index (χ3v) is 5.07. The number of amides is 3. The normalized spacial score (nSPS) is 21.3. The van der Waals surface area contributed by atoms with Crippen LogP contribution in [0.2, 0.25) is 5.02 Å². The van der Waals surface area contributed by atoms with Gasteiger partial charge in [-0.25, -0.2) is 4.79 Å². The largest absolute Gasteiger partial charge is 0.380 e. The van der Waals surface area contributed by atoms with Gasteiger partial charge in [0.15, 0.2) is 11.9 Å². The average molecular weight is 391 g/mol. The molecule has 1 aromatic carbocycles. The molecule has 27 heavy (non-hydrogen) atoms. The summed E-state index contributed by atoms with van der Waals surface area (Å²) < 4.78 is 7.28. The predicted octanol–water partition coefficient (Wildman–Crippen LogP) is 1.50. The molecule has 0 aliphatic carbocycles. The van der Waals surface area contributed by atoms with Gasteiger partial charge in [0.25, 0.3) is 5.91 Å². The number of nitrogens with zero attached hydrogens (tertiary/aromatic N) is 5. The van der Waals surface area contributed by atoms with E-state index in [4.69, 9.17) is 16.3 Å². The van der Waals surface area contributed by atoms with Gasteiger partial charge >= 0.3 is 6.03 Å². The first kappa shape index (κ1) is 17.7. The Balaban J connectivity index is 1.80. The Morgan fingerprint density at radius 3 is 2.67 bits per heavy atom. The van der Waals surface area contributed by atoms with Crippen LogP contribution in [-0.2, 0) is 9.53 Å². The molecule has 0 saturated carbocycles. The van der Waals surface area contributed by atoms with Crippen LogP contribution in [0, 0.1) is 0 Å². The fourth-order valence-corrected chi connectivity index (χ4v) is 3.67. The molecule has 2 unspecified atom stereocenters. The summed E-state index contributed by atoms with van der Waals surface area (Å²) in [4.78, 5) is 28.2. The van der Waals surface area contributed by atoms with Crippen molar-refractivity contribution in [1.82, 2.24) is 25.0 Å². The van der Waals surface area contributed by atoms with E-state index in [1.165, 1.54) is 4.90 Å². The van der Waals surface area contributed by atoms with Crippen LogP contribution < -0.4 is 10.2 Å². The van der Waals surface area contributed by atoms with Gasteiger partial charge in [-0.05, 0) is 31.2 Å². The fourth-order valence-electron chi connectivity index (χ4n) is 3.54. The molecule has 1 N–H and O–H groups in total. The number of ether oxygens (including phenoxy) is 1. The molecule has 1 saturated heterocycles. The van der Waals surface area contributed by atoms with Gasteiger partial charge in [-0.3, -0.25) is 14.7 Å². The highest BCUT2D eigenvalue weighted by atomic mass is 35.5. The second kappa shape index (κ2) is 6.82. The molecule has 0 spiro atoms.